The van der Waals surface area contributed by atoms with Gasteiger partial charge in [-0.3, -0.25) is 0 Å². The molecule has 1 fully saturated rings. The second-order valence-electron chi connectivity index (χ2n) is 5.28. The fourth-order valence-corrected chi connectivity index (χ4v) is 2.85. The van der Waals surface area contributed by atoms with Gasteiger partial charge in [-0.1, -0.05) is 19.8 Å². The highest BCUT2D eigenvalue weighted by Crippen LogP contribution is 2.28. The smallest absolute Gasteiger partial charge is 0.145 e. The van der Waals surface area contributed by atoms with Crippen LogP contribution in [0.25, 0.3) is 0 Å². The van der Waals surface area contributed by atoms with Crippen molar-refractivity contribution in [1.29, 1.82) is 0 Å². The predicted octanol–water partition coefficient (Wildman–Crippen LogP) is 1.46. The second kappa shape index (κ2) is 7.40. The third-order valence-electron chi connectivity index (χ3n) is 3.78. The lowest BCUT2D eigenvalue weighted by molar-refractivity contribution is 0.296. The number of nitrogens with zero attached hydrogens (tertiary/aromatic N) is 3. The fraction of sp³-hybridized carbons (Fsp3) is 0.714. The van der Waals surface area contributed by atoms with Crippen LogP contribution in [0.4, 0.5) is 11.6 Å². The molecule has 6 heteroatoms. The highest BCUT2D eigenvalue weighted by atomic mass is 16.3. The number of rotatable bonds is 7. The van der Waals surface area contributed by atoms with Gasteiger partial charge in [-0.15, -0.1) is 0 Å². The topological polar surface area (TPSA) is 87.3 Å². The highest BCUT2D eigenvalue weighted by molar-refractivity contribution is 5.49. The van der Waals surface area contributed by atoms with Crippen molar-refractivity contribution in [2.45, 2.75) is 51.5 Å². The third kappa shape index (κ3) is 3.58. The molecule has 1 heterocycles. The first-order chi connectivity index (χ1) is 9.78. The Bertz CT molecular complexity index is 420. The van der Waals surface area contributed by atoms with Gasteiger partial charge < -0.3 is 15.4 Å². The fourth-order valence-electron chi connectivity index (χ4n) is 2.85. The molecule has 6 nitrogen and oxygen atoms in total. The van der Waals surface area contributed by atoms with Crippen LogP contribution in [0.3, 0.4) is 0 Å². The number of hydrogen-bond acceptors (Lipinski definition) is 6. The molecule has 20 heavy (non-hydrogen) atoms. The van der Waals surface area contributed by atoms with Crippen LogP contribution in [0.15, 0.2) is 6.07 Å². The van der Waals surface area contributed by atoms with E-state index < -0.39 is 0 Å². The van der Waals surface area contributed by atoms with E-state index in [1.54, 1.807) is 0 Å². The molecule has 1 aromatic heterocycles. The number of aliphatic hydroxyl groups is 1. The van der Waals surface area contributed by atoms with Gasteiger partial charge in [0.2, 0.25) is 0 Å². The summed E-state index contributed by atoms with van der Waals surface area (Å²) in [4.78, 5) is 11.2. The van der Waals surface area contributed by atoms with Crippen molar-refractivity contribution in [3.63, 3.8) is 0 Å². The van der Waals surface area contributed by atoms with Crippen LogP contribution < -0.4 is 16.2 Å². The van der Waals surface area contributed by atoms with Crippen LogP contribution in [0.2, 0.25) is 0 Å². The first-order valence-electron chi connectivity index (χ1n) is 7.50. The van der Waals surface area contributed by atoms with Crippen LogP contribution in [0, 0.1) is 0 Å². The van der Waals surface area contributed by atoms with E-state index in [0.717, 1.165) is 24.5 Å². The number of nitrogens with one attached hydrogen (secondary N) is 1. The summed E-state index contributed by atoms with van der Waals surface area (Å²) >= 11 is 0. The number of nitrogen functional groups attached to an aromatic ring is 1. The summed E-state index contributed by atoms with van der Waals surface area (Å²) in [7, 11) is 0. The maximum absolute atomic E-state index is 9.33. The van der Waals surface area contributed by atoms with Crippen LogP contribution in [-0.2, 0) is 6.42 Å². The van der Waals surface area contributed by atoms with Crippen LogP contribution in [0.1, 0.15) is 44.9 Å². The molecule has 1 aromatic rings. The second-order valence-corrected chi connectivity index (χ2v) is 5.28. The summed E-state index contributed by atoms with van der Waals surface area (Å²) in [5.74, 6) is 7.82. The Balaban J connectivity index is 2.27. The van der Waals surface area contributed by atoms with Crippen LogP contribution in [0.5, 0.6) is 0 Å². The molecule has 1 saturated carbocycles. The van der Waals surface area contributed by atoms with Gasteiger partial charge in [0.05, 0.1) is 6.61 Å². The van der Waals surface area contributed by atoms with E-state index in [-0.39, 0.29) is 6.61 Å². The zero-order valence-electron chi connectivity index (χ0n) is 12.2. The molecule has 0 aromatic carbocycles. The molecule has 0 bridgehead atoms. The minimum atomic E-state index is 0.134. The monoisotopic (exact) mass is 279 g/mol. The Kier molecular flexibility index (Phi) is 5.55. The molecule has 112 valence electrons. The highest BCUT2D eigenvalue weighted by Gasteiger charge is 2.24. The first-order valence-corrected chi connectivity index (χ1v) is 7.50. The standard InChI is InChI=1S/C14H25N5O/c1-2-5-12-16-13(18-15)10-14(17-12)19(8-9-20)11-6-3-4-7-11/h10-11,20H,2-9,15H2,1H3,(H,16,17,18). The quantitative estimate of drug-likeness (QED) is 0.517. The SMILES string of the molecule is CCCc1nc(NN)cc(N(CCO)C2CCCC2)n1. The Morgan fingerprint density at radius 2 is 2.15 bits per heavy atom. The number of hydrazine groups is 1. The minimum absolute atomic E-state index is 0.134. The van der Waals surface area contributed by atoms with Gasteiger partial charge in [0.15, 0.2) is 0 Å². The predicted molar refractivity (Wildman–Crippen MR) is 80.5 cm³/mol. The minimum Gasteiger partial charge on any atom is -0.395 e. The average Bonchev–Trinajstić information content (AvgIpc) is 2.98. The Morgan fingerprint density at radius 3 is 2.75 bits per heavy atom. The van der Waals surface area contributed by atoms with Gasteiger partial charge in [0, 0.05) is 25.1 Å². The van der Waals surface area contributed by atoms with E-state index in [1.807, 2.05) is 6.07 Å². The largest absolute Gasteiger partial charge is 0.395 e. The van der Waals surface area contributed by atoms with Gasteiger partial charge in [0.25, 0.3) is 0 Å². The molecular formula is C14H25N5O. The van der Waals surface area contributed by atoms with Crippen molar-refractivity contribution >= 4 is 11.6 Å². The molecular weight excluding hydrogens is 254 g/mol. The number of aliphatic hydroxyl groups excluding tert-OH is 1. The normalized spacial score (nSPS) is 15.6. The molecule has 1 aliphatic carbocycles. The third-order valence-corrected chi connectivity index (χ3v) is 3.78. The summed E-state index contributed by atoms with van der Waals surface area (Å²) in [6.45, 7) is 2.85. The number of aryl methyl sites for hydroxylation is 1. The first kappa shape index (κ1) is 15.0. The summed E-state index contributed by atoms with van der Waals surface area (Å²) < 4.78 is 0. The van der Waals surface area contributed by atoms with Gasteiger partial charge in [-0.25, -0.2) is 15.8 Å². The van der Waals surface area contributed by atoms with Crippen molar-refractivity contribution < 1.29 is 5.11 Å². The van der Waals surface area contributed by atoms with Crippen molar-refractivity contribution in [2.75, 3.05) is 23.5 Å². The van der Waals surface area contributed by atoms with Crippen LogP contribution in [-0.4, -0.2) is 34.3 Å². The van der Waals surface area contributed by atoms with Crippen molar-refractivity contribution in [1.82, 2.24) is 9.97 Å². The zero-order valence-corrected chi connectivity index (χ0v) is 12.2. The van der Waals surface area contributed by atoms with Gasteiger partial charge >= 0.3 is 0 Å². The number of hydrogen-bond donors (Lipinski definition) is 3. The number of aromatic nitrogens is 2. The zero-order chi connectivity index (χ0) is 14.4. The van der Waals surface area contributed by atoms with E-state index in [1.165, 1.54) is 25.7 Å². The lowest BCUT2D eigenvalue weighted by Crippen LogP contribution is -2.36. The lowest BCUT2D eigenvalue weighted by atomic mass is 10.2. The molecule has 0 aliphatic heterocycles. The molecule has 0 atom stereocenters. The molecule has 0 radical (unpaired) electrons. The van der Waals surface area contributed by atoms with Crippen molar-refractivity contribution in [3.8, 4) is 0 Å². The van der Waals surface area contributed by atoms with E-state index in [2.05, 4.69) is 27.2 Å². The molecule has 1 aliphatic rings. The van der Waals surface area contributed by atoms with E-state index in [9.17, 15) is 5.11 Å². The molecule has 4 N–H and O–H groups in total. The Labute approximate surface area is 120 Å². The Hall–Kier alpha value is -1.40. The van der Waals surface area contributed by atoms with E-state index in [0.29, 0.717) is 18.4 Å². The van der Waals surface area contributed by atoms with E-state index in [4.69, 9.17) is 5.84 Å². The van der Waals surface area contributed by atoms with E-state index >= 15 is 0 Å². The summed E-state index contributed by atoms with van der Waals surface area (Å²) in [5, 5.41) is 9.33. The lowest BCUT2D eigenvalue weighted by Gasteiger charge is -2.30. The molecule has 0 amide bonds. The van der Waals surface area contributed by atoms with Crippen LogP contribution >= 0.6 is 0 Å². The van der Waals surface area contributed by atoms with Crippen molar-refractivity contribution in [2.24, 2.45) is 5.84 Å². The Morgan fingerprint density at radius 1 is 1.40 bits per heavy atom. The molecule has 0 unspecified atom stereocenters. The summed E-state index contributed by atoms with van der Waals surface area (Å²) in [6, 6.07) is 2.34. The summed E-state index contributed by atoms with van der Waals surface area (Å²) in [5.41, 5.74) is 2.61. The maximum atomic E-state index is 9.33. The average molecular weight is 279 g/mol. The summed E-state index contributed by atoms with van der Waals surface area (Å²) in [6.07, 6.45) is 6.66. The van der Waals surface area contributed by atoms with Gasteiger partial charge in [0.1, 0.15) is 17.5 Å². The molecule has 0 spiro atoms. The molecule has 0 saturated heterocycles. The van der Waals surface area contributed by atoms with Crippen molar-refractivity contribution in [3.05, 3.63) is 11.9 Å². The number of anilines is 2. The maximum Gasteiger partial charge on any atom is 0.145 e. The number of nitrogens with two attached hydrogens (primary N) is 1. The van der Waals surface area contributed by atoms with Gasteiger partial charge in [-0.05, 0) is 19.3 Å². The van der Waals surface area contributed by atoms with Gasteiger partial charge in [-0.2, -0.15) is 0 Å². The molecule has 2 rings (SSSR count).